The summed E-state index contributed by atoms with van der Waals surface area (Å²) < 4.78 is 20.9. The van der Waals surface area contributed by atoms with Gasteiger partial charge in [-0.1, -0.05) is 0 Å². The van der Waals surface area contributed by atoms with Crippen molar-refractivity contribution in [2.24, 2.45) is 5.73 Å². The molecule has 0 aliphatic carbocycles. The highest BCUT2D eigenvalue weighted by molar-refractivity contribution is 7.81. The molecule has 0 saturated heterocycles. The van der Waals surface area contributed by atoms with Gasteiger partial charge in [0.1, 0.15) is 18.6 Å². The topological polar surface area (TPSA) is 161 Å². The fourth-order valence-electron chi connectivity index (χ4n) is 1.66. The molecule has 0 aliphatic rings. The molecule has 0 bridgehead atoms. The lowest BCUT2D eigenvalue weighted by molar-refractivity contribution is -0.123. The first-order valence-corrected chi connectivity index (χ1v) is 9.02. The average molecular weight is 336 g/mol. The smallest absolute Gasteiger partial charge is 0.339 e. The molecule has 0 aromatic rings. The van der Waals surface area contributed by atoms with Crippen LogP contribution < -0.4 is 5.73 Å². The number of nitrogens with two attached hydrogens (primary N) is 1. The van der Waals surface area contributed by atoms with Crippen molar-refractivity contribution in [2.75, 3.05) is 12.6 Å². The maximum absolute atomic E-state index is 11.4. The third-order valence-corrected chi connectivity index (χ3v) is 3.74. The normalized spacial score (nSPS) is 15.6. The first kappa shape index (κ1) is 19.1. The first-order valence-electron chi connectivity index (χ1n) is 4.98. The fourth-order valence-corrected chi connectivity index (χ4v) is 3.58. The van der Waals surface area contributed by atoms with Gasteiger partial charge in [0.2, 0.25) is 5.91 Å². The highest BCUT2D eigenvalue weighted by atomic mass is 32.1. The van der Waals surface area contributed by atoms with Gasteiger partial charge in [0.25, 0.3) is 0 Å². The number of carbonyl (C=O) groups excluding carboxylic acids is 1. The van der Waals surface area contributed by atoms with E-state index in [-0.39, 0.29) is 0 Å². The van der Waals surface area contributed by atoms with E-state index >= 15 is 0 Å². The molecule has 0 rings (SSSR count). The monoisotopic (exact) mass is 336 g/mol. The maximum atomic E-state index is 11.4. The van der Waals surface area contributed by atoms with Crippen LogP contribution in [0.25, 0.3) is 0 Å². The Bertz CT molecular complexity index is 402. The molecule has 0 saturated carbocycles. The molecule has 1 amide bonds. The average Bonchev–Trinajstić information content (AvgIpc) is 1.90. The Labute approximate surface area is 115 Å². The van der Waals surface area contributed by atoms with Gasteiger partial charge >= 0.3 is 15.2 Å². The SMILES string of the molecule is CC(C)(S)[C@@H](C(N)=O)N(CP(=O)(O)O)CP(=O)(O)O. The van der Waals surface area contributed by atoms with E-state index in [2.05, 4.69) is 12.6 Å². The van der Waals surface area contributed by atoms with Crippen molar-refractivity contribution in [1.82, 2.24) is 4.90 Å². The van der Waals surface area contributed by atoms with E-state index in [0.29, 0.717) is 4.90 Å². The minimum atomic E-state index is -4.63. The van der Waals surface area contributed by atoms with Crippen LogP contribution in [-0.2, 0) is 13.9 Å². The van der Waals surface area contributed by atoms with Gasteiger partial charge in [0, 0.05) is 4.75 Å². The van der Waals surface area contributed by atoms with Gasteiger partial charge in [-0.2, -0.15) is 12.6 Å². The Morgan fingerprint density at radius 2 is 1.53 bits per heavy atom. The van der Waals surface area contributed by atoms with Crippen LogP contribution in [0.4, 0.5) is 0 Å². The van der Waals surface area contributed by atoms with Crippen LogP contribution in [0.15, 0.2) is 0 Å². The van der Waals surface area contributed by atoms with Crippen molar-refractivity contribution in [1.29, 1.82) is 0 Å². The molecule has 0 aromatic carbocycles. The highest BCUT2D eigenvalue weighted by Crippen LogP contribution is 2.43. The summed E-state index contributed by atoms with van der Waals surface area (Å²) in [6.07, 6.45) is -2.01. The van der Waals surface area contributed by atoms with Crippen LogP contribution in [0.1, 0.15) is 13.8 Å². The molecule has 0 unspecified atom stereocenters. The largest absolute Gasteiger partial charge is 0.368 e. The molecule has 1 atom stereocenters. The van der Waals surface area contributed by atoms with E-state index in [1.54, 1.807) is 0 Å². The quantitative estimate of drug-likeness (QED) is 0.258. The van der Waals surface area contributed by atoms with Crippen LogP contribution in [0.3, 0.4) is 0 Å². The lowest BCUT2D eigenvalue weighted by Gasteiger charge is -2.37. The molecule has 19 heavy (non-hydrogen) atoms. The van der Waals surface area contributed by atoms with Gasteiger partial charge in [0.05, 0.1) is 0 Å². The number of carbonyl (C=O) groups is 1. The molecule has 114 valence electrons. The van der Waals surface area contributed by atoms with Crippen LogP contribution in [0.2, 0.25) is 0 Å². The molecule has 0 spiro atoms. The molecular formula is C7H18N2O7P2S. The summed E-state index contributed by atoms with van der Waals surface area (Å²) >= 11 is 4.08. The van der Waals surface area contributed by atoms with E-state index in [4.69, 9.17) is 25.3 Å². The maximum Gasteiger partial charge on any atom is 0.339 e. The molecular weight excluding hydrogens is 318 g/mol. The van der Waals surface area contributed by atoms with Gasteiger partial charge in [-0.05, 0) is 13.8 Å². The van der Waals surface area contributed by atoms with Gasteiger partial charge < -0.3 is 25.3 Å². The van der Waals surface area contributed by atoms with Gasteiger partial charge in [-0.15, -0.1) is 0 Å². The van der Waals surface area contributed by atoms with Crippen molar-refractivity contribution >= 4 is 33.7 Å². The molecule has 0 fully saturated rings. The molecule has 12 heteroatoms. The number of thiol groups is 1. The number of hydrogen-bond acceptors (Lipinski definition) is 5. The summed E-state index contributed by atoms with van der Waals surface area (Å²) in [5, 5.41) is 0. The van der Waals surface area contributed by atoms with Crippen molar-refractivity contribution < 1.29 is 33.5 Å². The second-order valence-corrected chi connectivity index (χ2v) is 9.04. The summed E-state index contributed by atoms with van der Waals surface area (Å²) in [6.45, 7) is 2.88. The predicted molar refractivity (Wildman–Crippen MR) is 71.7 cm³/mol. The summed E-state index contributed by atoms with van der Waals surface area (Å²) in [5.74, 6) is -0.984. The molecule has 0 radical (unpaired) electrons. The Morgan fingerprint density at radius 3 is 1.68 bits per heavy atom. The zero-order valence-electron chi connectivity index (χ0n) is 10.4. The summed E-state index contributed by atoms with van der Waals surface area (Å²) in [7, 11) is -9.26. The second kappa shape index (κ2) is 6.24. The first-order chi connectivity index (χ1) is 8.13. The zero-order valence-corrected chi connectivity index (χ0v) is 13.1. The number of primary amides is 1. The summed E-state index contributed by atoms with van der Waals surface area (Å²) in [5.41, 5.74) is 5.13. The van der Waals surface area contributed by atoms with Crippen LogP contribution in [0.5, 0.6) is 0 Å². The Morgan fingerprint density at radius 1 is 1.21 bits per heavy atom. The number of nitrogens with zero attached hydrogens (tertiary/aromatic N) is 1. The third-order valence-electron chi connectivity index (χ3n) is 2.04. The van der Waals surface area contributed by atoms with Gasteiger partial charge in [-0.3, -0.25) is 18.8 Å². The molecule has 0 aromatic heterocycles. The molecule has 6 N–H and O–H groups in total. The molecule has 0 aliphatic heterocycles. The number of rotatable bonds is 7. The van der Waals surface area contributed by atoms with E-state index in [1.807, 2.05) is 0 Å². The van der Waals surface area contributed by atoms with Crippen molar-refractivity contribution in [3.8, 4) is 0 Å². The van der Waals surface area contributed by atoms with Crippen LogP contribution in [0, 0.1) is 0 Å². The zero-order chi connectivity index (χ0) is 15.6. The predicted octanol–water partition coefficient (Wildman–Crippen LogP) is -0.879. The van der Waals surface area contributed by atoms with E-state index in [1.165, 1.54) is 13.8 Å². The minimum absolute atomic E-state index is 0.664. The second-order valence-electron chi connectivity index (χ2n) is 4.66. The standard InChI is InChI=1S/C7H18N2O7P2S/c1-7(2,19)5(6(8)10)9(3-17(11,12)13)4-18(14,15)16/h5,19H,3-4H2,1-2H3,(H2,8,10)(H2,11,12,13)(H2,14,15,16)/t5-/m1/s1. The Kier molecular flexibility index (Phi) is 6.26. The highest BCUT2D eigenvalue weighted by Gasteiger charge is 2.41. The van der Waals surface area contributed by atoms with E-state index in [9.17, 15) is 13.9 Å². The molecule has 9 nitrogen and oxygen atoms in total. The Hall–Kier alpha value is 0.0800. The van der Waals surface area contributed by atoms with Crippen LogP contribution >= 0.6 is 27.8 Å². The third kappa shape index (κ3) is 8.06. The van der Waals surface area contributed by atoms with Crippen molar-refractivity contribution in [3.05, 3.63) is 0 Å². The summed E-state index contributed by atoms with van der Waals surface area (Å²) in [6, 6.07) is -1.35. The lowest BCUT2D eigenvalue weighted by atomic mass is 10.0. The number of amides is 1. The number of hydrogen-bond donors (Lipinski definition) is 6. The summed E-state index contributed by atoms with van der Waals surface area (Å²) in [4.78, 5) is 47.7. The van der Waals surface area contributed by atoms with Crippen molar-refractivity contribution in [2.45, 2.75) is 24.6 Å². The van der Waals surface area contributed by atoms with E-state index in [0.717, 1.165) is 0 Å². The van der Waals surface area contributed by atoms with Crippen molar-refractivity contribution in [3.63, 3.8) is 0 Å². The van der Waals surface area contributed by atoms with Gasteiger partial charge in [-0.25, -0.2) is 0 Å². The fraction of sp³-hybridized carbons (Fsp3) is 0.857. The van der Waals surface area contributed by atoms with E-state index < -0.39 is 44.5 Å². The van der Waals surface area contributed by atoms with Crippen LogP contribution in [-0.4, -0.2) is 53.7 Å². The molecule has 0 heterocycles. The Balaban J connectivity index is 5.48. The lowest BCUT2D eigenvalue weighted by Crippen LogP contribution is -2.54. The van der Waals surface area contributed by atoms with Gasteiger partial charge in [0.15, 0.2) is 0 Å². The minimum Gasteiger partial charge on any atom is -0.368 e.